The lowest BCUT2D eigenvalue weighted by atomic mass is 10.0. The summed E-state index contributed by atoms with van der Waals surface area (Å²) in [7, 11) is 0. The molecule has 0 aliphatic heterocycles. The first-order chi connectivity index (χ1) is 9.60. The van der Waals surface area contributed by atoms with Crippen LogP contribution in [-0.2, 0) is 6.42 Å². The second kappa shape index (κ2) is 6.53. The first-order valence-corrected chi connectivity index (χ1v) is 7.04. The highest BCUT2D eigenvalue weighted by atomic mass is 16.5. The molecule has 3 nitrogen and oxygen atoms in total. The Balaban J connectivity index is 2.23. The summed E-state index contributed by atoms with van der Waals surface area (Å²) in [6.45, 7) is 6.10. The van der Waals surface area contributed by atoms with Crippen molar-refractivity contribution in [3.8, 4) is 11.5 Å². The Morgan fingerprint density at radius 2 is 2.00 bits per heavy atom. The van der Waals surface area contributed by atoms with Gasteiger partial charge in [-0.2, -0.15) is 0 Å². The summed E-state index contributed by atoms with van der Waals surface area (Å²) >= 11 is 0. The van der Waals surface area contributed by atoms with Gasteiger partial charge in [0.25, 0.3) is 0 Å². The van der Waals surface area contributed by atoms with Crippen LogP contribution in [0.4, 0.5) is 0 Å². The molecule has 0 saturated carbocycles. The summed E-state index contributed by atoms with van der Waals surface area (Å²) in [5.41, 5.74) is 9.23. The molecule has 1 aromatic heterocycles. The average molecular weight is 270 g/mol. The lowest BCUT2D eigenvalue weighted by molar-refractivity contribution is 0.471. The maximum Gasteiger partial charge on any atom is 0.148 e. The third kappa shape index (κ3) is 3.58. The van der Waals surface area contributed by atoms with E-state index in [9.17, 15) is 0 Å². The zero-order valence-electron chi connectivity index (χ0n) is 12.4. The van der Waals surface area contributed by atoms with Gasteiger partial charge in [0.1, 0.15) is 11.5 Å². The van der Waals surface area contributed by atoms with Crippen LogP contribution in [0.15, 0.2) is 36.5 Å². The first kappa shape index (κ1) is 14.5. The molecule has 0 aliphatic carbocycles. The van der Waals surface area contributed by atoms with E-state index in [1.54, 1.807) is 6.20 Å². The number of hydrogen-bond acceptors (Lipinski definition) is 3. The van der Waals surface area contributed by atoms with Crippen LogP contribution in [0.2, 0.25) is 0 Å². The molecule has 0 bridgehead atoms. The highest BCUT2D eigenvalue weighted by Gasteiger charge is 2.08. The summed E-state index contributed by atoms with van der Waals surface area (Å²) in [5, 5.41) is 0. The second-order valence-corrected chi connectivity index (χ2v) is 5.16. The van der Waals surface area contributed by atoms with Gasteiger partial charge in [0.2, 0.25) is 0 Å². The second-order valence-electron chi connectivity index (χ2n) is 5.16. The van der Waals surface area contributed by atoms with Gasteiger partial charge in [0.15, 0.2) is 0 Å². The molecule has 0 radical (unpaired) electrons. The number of nitrogens with zero attached hydrogens (tertiary/aromatic N) is 1. The van der Waals surface area contributed by atoms with Crippen LogP contribution < -0.4 is 10.5 Å². The molecule has 0 aliphatic rings. The van der Waals surface area contributed by atoms with Gasteiger partial charge in [0.05, 0.1) is 5.69 Å². The molecule has 0 amide bonds. The van der Waals surface area contributed by atoms with Gasteiger partial charge in [-0.3, -0.25) is 4.98 Å². The van der Waals surface area contributed by atoms with E-state index in [4.69, 9.17) is 10.5 Å². The van der Waals surface area contributed by atoms with Crippen molar-refractivity contribution >= 4 is 0 Å². The summed E-state index contributed by atoms with van der Waals surface area (Å²) in [5.74, 6) is 1.68. The van der Waals surface area contributed by atoms with Crippen molar-refractivity contribution < 1.29 is 4.74 Å². The van der Waals surface area contributed by atoms with E-state index >= 15 is 0 Å². The largest absolute Gasteiger partial charge is 0.455 e. The van der Waals surface area contributed by atoms with Gasteiger partial charge in [-0.25, -0.2) is 0 Å². The number of aryl methyl sites for hydroxylation is 2. The average Bonchev–Trinajstić information content (AvgIpc) is 2.44. The Bertz CT molecular complexity index is 581. The van der Waals surface area contributed by atoms with Crippen molar-refractivity contribution in [3.05, 3.63) is 53.3 Å². The summed E-state index contributed by atoms with van der Waals surface area (Å²) < 4.78 is 5.99. The van der Waals surface area contributed by atoms with Crippen LogP contribution in [0.1, 0.15) is 30.2 Å². The SMILES string of the molecule is CCC(N)Cc1ccc(C)c(Oc2cccnc2C)c1. The van der Waals surface area contributed by atoms with Gasteiger partial charge >= 0.3 is 0 Å². The number of rotatable bonds is 5. The number of ether oxygens (including phenoxy) is 1. The van der Waals surface area contributed by atoms with Gasteiger partial charge < -0.3 is 10.5 Å². The highest BCUT2D eigenvalue weighted by Crippen LogP contribution is 2.27. The minimum Gasteiger partial charge on any atom is -0.455 e. The monoisotopic (exact) mass is 270 g/mol. The molecule has 1 aromatic carbocycles. The van der Waals surface area contributed by atoms with E-state index < -0.39 is 0 Å². The molecule has 2 rings (SSSR count). The van der Waals surface area contributed by atoms with Crippen molar-refractivity contribution in [2.45, 2.75) is 39.7 Å². The fourth-order valence-electron chi connectivity index (χ4n) is 2.02. The van der Waals surface area contributed by atoms with Crippen molar-refractivity contribution in [3.63, 3.8) is 0 Å². The van der Waals surface area contributed by atoms with Gasteiger partial charge in [0, 0.05) is 12.2 Å². The Hall–Kier alpha value is -1.87. The highest BCUT2D eigenvalue weighted by molar-refractivity contribution is 5.41. The van der Waals surface area contributed by atoms with E-state index in [0.29, 0.717) is 0 Å². The molecule has 2 aromatic rings. The number of nitrogens with two attached hydrogens (primary N) is 1. The van der Waals surface area contributed by atoms with Crippen LogP contribution in [0.5, 0.6) is 11.5 Å². The topological polar surface area (TPSA) is 48.1 Å². The normalized spacial score (nSPS) is 12.2. The molecule has 2 N–H and O–H groups in total. The molecule has 20 heavy (non-hydrogen) atoms. The number of aromatic nitrogens is 1. The molecular weight excluding hydrogens is 248 g/mol. The minimum atomic E-state index is 0.200. The van der Waals surface area contributed by atoms with Crippen LogP contribution in [0, 0.1) is 13.8 Å². The van der Waals surface area contributed by atoms with Gasteiger partial charge in [-0.05, 0) is 56.0 Å². The van der Waals surface area contributed by atoms with E-state index in [-0.39, 0.29) is 6.04 Å². The van der Waals surface area contributed by atoms with E-state index in [2.05, 4.69) is 30.1 Å². The Kier molecular flexibility index (Phi) is 4.74. The summed E-state index contributed by atoms with van der Waals surface area (Å²) in [6.07, 6.45) is 3.62. The Morgan fingerprint density at radius 1 is 1.20 bits per heavy atom. The fraction of sp³-hybridized carbons (Fsp3) is 0.353. The molecule has 1 unspecified atom stereocenters. The van der Waals surface area contributed by atoms with Crippen LogP contribution in [0.25, 0.3) is 0 Å². The molecular formula is C17H22N2O. The third-order valence-electron chi connectivity index (χ3n) is 3.45. The molecule has 1 heterocycles. The molecule has 0 fully saturated rings. The molecule has 3 heteroatoms. The standard InChI is InChI=1S/C17H22N2O/c1-4-15(18)10-14-8-7-12(2)17(11-14)20-16-6-5-9-19-13(16)3/h5-9,11,15H,4,10,18H2,1-3H3. The van der Waals surface area contributed by atoms with E-state index in [1.165, 1.54) is 5.56 Å². The summed E-state index contributed by atoms with van der Waals surface area (Å²) in [6, 6.07) is 10.3. The predicted molar refractivity (Wildman–Crippen MR) is 82.2 cm³/mol. The van der Waals surface area contributed by atoms with Crippen LogP contribution in [-0.4, -0.2) is 11.0 Å². The van der Waals surface area contributed by atoms with Crippen LogP contribution in [0.3, 0.4) is 0 Å². The number of benzene rings is 1. The van der Waals surface area contributed by atoms with Crippen molar-refractivity contribution in [2.75, 3.05) is 0 Å². The maximum absolute atomic E-state index is 6.02. The van der Waals surface area contributed by atoms with Gasteiger partial charge in [-0.1, -0.05) is 19.1 Å². The van der Waals surface area contributed by atoms with E-state index in [0.717, 1.165) is 35.6 Å². The first-order valence-electron chi connectivity index (χ1n) is 7.04. The smallest absolute Gasteiger partial charge is 0.148 e. The van der Waals surface area contributed by atoms with E-state index in [1.807, 2.05) is 26.0 Å². The fourth-order valence-corrected chi connectivity index (χ4v) is 2.02. The number of hydrogen-bond donors (Lipinski definition) is 1. The zero-order chi connectivity index (χ0) is 14.5. The number of pyridine rings is 1. The third-order valence-corrected chi connectivity index (χ3v) is 3.45. The molecule has 0 spiro atoms. The zero-order valence-corrected chi connectivity index (χ0v) is 12.4. The molecule has 1 atom stereocenters. The van der Waals surface area contributed by atoms with Crippen molar-refractivity contribution in [2.24, 2.45) is 5.73 Å². The van der Waals surface area contributed by atoms with Crippen molar-refractivity contribution in [1.82, 2.24) is 4.98 Å². The van der Waals surface area contributed by atoms with Crippen molar-refractivity contribution in [1.29, 1.82) is 0 Å². The predicted octanol–water partition coefficient (Wildman–Crippen LogP) is 3.77. The lowest BCUT2D eigenvalue weighted by Gasteiger charge is -2.13. The Morgan fingerprint density at radius 3 is 2.70 bits per heavy atom. The lowest BCUT2D eigenvalue weighted by Crippen LogP contribution is -2.21. The molecule has 0 saturated heterocycles. The maximum atomic E-state index is 6.02. The quantitative estimate of drug-likeness (QED) is 0.899. The minimum absolute atomic E-state index is 0.200. The molecule has 106 valence electrons. The summed E-state index contributed by atoms with van der Waals surface area (Å²) in [4.78, 5) is 4.24. The Labute approximate surface area is 120 Å². The van der Waals surface area contributed by atoms with Gasteiger partial charge in [-0.15, -0.1) is 0 Å². The van der Waals surface area contributed by atoms with Crippen LogP contribution >= 0.6 is 0 Å².